The Morgan fingerprint density at radius 2 is 0.713 bits per heavy atom. The van der Waals surface area contributed by atoms with Gasteiger partial charge in [0.25, 0.3) is 0 Å². The van der Waals surface area contributed by atoms with Crippen LogP contribution in [0, 0.1) is 68.2 Å². The summed E-state index contributed by atoms with van der Waals surface area (Å²) >= 11 is 0. The van der Waals surface area contributed by atoms with Crippen LogP contribution in [0.4, 0.5) is 4.39 Å². The number of carbonyl (C=O) groups is 1. The van der Waals surface area contributed by atoms with Gasteiger partial charge in [-0.1, -0.05) is 156 Å². The molecule has 1 N–H and O–H groups in total. The van der Waals surface area contributed by atoms with E-state index in [4.69, 9.17) is 13.9 Å². The number of carbonyl (C=O) groups excluding carboxylic acids is 1. The average molecular weight is 2300 g/mol. The summed E-state index contributed by atoms with van der Waals surface area (Å²) in [5.41, 5.74) is 20.7. The number of pyridine rings is 7. The topological polar surface area (TPSA) is 154 Å². The molecular weight excluding hydrogens is 2220 g/mol. The van der Waals surface area contributed by atoms with Crippen LogP contribution >= 0.6 is 0 Å². The van der Waals surface area contributed by atoms with Crippen molar-refractivity contribution in [2.45, 2.75) is 27.7 Å². The van der Waals surface area contributed by atoms with Crippen LogP contribution in [0.2, 0.25) is 0 Å². The minimum Gasteiger partial charge on any atom is -0.512 e. The number of rotatable bonds is 9. The van der Waals surface area contributed by atoms with Gasteiger partial charge in [-0.3, -0.25) is 14.2 Å². The molecule has 0 aliphatic rings. The van der Waals surface area contributed by atoms with Gasteiger partial charge in [-0.15, -0.1) is 215 Å². The largest absolute Gasteiger partial charge is 0.512 e. The second-order valence-electron chi connectivity index (χ2n) is 26.4. The summed E-state index contributed by atoms with van der Waals surface area (Å²) < 4.78 is 25.3. The first-order valence-corrected chi connectivity index (χ1v) is 37.9. The quantitative estimate of drug-likeness (QED) is 0.0834. The van der Waals surface area contributed by atoms with E-state index in [1.165, 1.54) is 31.6 Å². The maximum absolute atomic E-state index is 13.3. The zero-order valence-electron chi connectivity index (χ0n) is 66.4. The maximum atomic E-state index is 13.3. The van der Waals surface area contributed by atoms with E-state index < -0.39 is 0 Å². The van der Waals surface area contributed by atoms with E-state index >= 15 is 0 Å². The molecular formula is C106H76FIr4N7O4-8. The Labute approximate surface area is 764 Å². The number of fused-ring (bicyclic) bond motifs is 7. The van der Waals surface area contributed by atoms with Gasteiger partial charge in [0.05, 0.1) is 22.6 Å². The molecule has 9 heterocycles. The normalized spacial score (nSPS) is 10.2. The van der Waals surface area contributed by atoms with E-state index in [1.54, 1.807) is 44.1 Å². The van der Waals surface area contributed by atoms with Crippen LogP contribution in [0.5, 0.6) is 0 Å². The van der Waals surface area contributed by atoms with E-state index in [-0.39, 0.29) is 97.8 Å². The number of aryl methyl sites for hydroxylation is 2. The second kappa shape index (κ2) is 48.4. The number of aliphatic hydroxyl groups excluding tert-OH is 1. The number of halogens is 1. The van der Waals surface area contributed by atoms with Crippen LogP contribution < -0.4 is 0 Å². The van der Waals surface area contributed by atoms with E-state index in [0.717, 1.165) is 145 Å². The van der Waals surface area contributed by atoms with Crippen LogP contribution in [0.1, 0.15) is 25.0 Å². The van der Waals surface area contributed by atoms with E-state index in [2.05, 4.69) is 115 Å². The first kappa shape index (κ1) is 92.9. The number of hydrogen-bond acceptors (Lipinski definition) is 11. The van der Waals surface area contributed by atoms with Crippen molar-refractivity contribution in [2.75, 3.05) is 0 Å². The summed E-state index contributed by atoms with van der Waals surface area (Å²) in [5.74, 6) is -0.286. The Balaban J connectivity index is 0.000000160. The molecule has 0 spiro atoms. The second-order valence-corrected chi connectivity index (χ2v) is 26.4. The van der Waals surface area contributed by atoms with Crippen molar-refractivity contribution in [3.05, 3.63) is 454 Å². The van der Waals surface area contributed by atoms with Crippen LogP contribution in [0.25, 0.3) is 145 Å². The standard InChI is InChI=1S/C18H12NO.C17H11F.C17H10NO.C16H11N2.3C11H8N.C5H8O2.4Ir/c1-12-9-10-19-16(11-12)15-7-4-6-14-13-5-2-3-8-17(13)20-18(14)15;1-12-11-14(9-10-17(12)18)16-8-4-6-13-5-2-3-7-15(13)16;1-2-10-16-12(6-1)13-7-5-8-14(17(13)19-16)15-9-3-4-11-18-15;1-2-6-13(7-3-1)16-12-14(9-11-18-16)15-8-4-5-10-17-15;3*1-2-6-10(7-3-1)11-8-4-5-9-12-11;1-4(6)3-5(2)7;;;;/h2-6,8-11H,1H3;2-7,10-11H,1H3;1-7,9-11H;1-6,8-12H;3*1-6,8-9H;3,6H,1-2H3;;;;/q-1;-2;5*-1;;;;;. The molecule has 0 fully saturated rings. The first-order chi connectivity index (χ1) is 58.0. The number of benzene rings is 11. The van der Waals surface area contributed by atoms with Gasteiger partial charge in [0.1, 0.15) is 11.2 Å². The maximum Gasteiger partial charge on any atom is 0.155 e. The molecule has 0 aliphatic carbocycles. The molecule has 0 aliphatic heterocycles. The van der Waals surface area contributed by atoms with Crippen LogP contribution in [-0.2, 0) is 85.2 Å². The average Bonchev–Trinajstić information content (AvgIpc) is 1.61. The molecule has 610 valence electrons. The van der Waals surface area contributed by atoms with Gasteiger partial charge in [0.2, 0.25) is 0 Å². The van der Waals surface area contributed by atoms with Crippen LogP contribution in [-0.4, -0.2) is 45.8 Å². The van der Waals surface area contributed by atoms with Gasteiger partial charge in [0.15, 0.2) is 5.78 Å². The number of aliphatic hydroxyl groups is 1. The molecule has 0 saturated heterocycles. The van der Waals surface area contributed by atoms with E-state index in [1.807, 2.05) is 310 Å². The van der Waals surface area contributed by atoms with Crippen molar-refractivity contribution >= 4 is 60.4 Å². The fourth-order valence-electron chi connectivity index (χ4n) is 12.4. The monoisotopic (exact) mass is 2300 g/mol. The van der Waals surface area contributed by atoms with Crippen molar-refractivity contribution in [1.29, 1.82) is 0 Å². The zero-order chi connectivity index (χ0) is 81.5. The van der Waals surface area contributed by atoms with Crippen molar-refractivity contribution in [3.8, 4) is 89.9 Å². The van der Waals surface area contributed by atoms with Gasteiger partial charge in [-0.25, -0.2) is 11.1 Å². The van der Waals surface area contributed by atoms with Gasteiger partial charge in [-0.2, -0.15) is 24.3 Å². The Morgan fingerprint density at radius 3 is 1.14 bits per heavy atom. The fraction of sp³-hybridized carbons (Fsp3) is 0.0377. The van der Waals surface area contributed by atoms with Gasteiger partial charge in [-0.05, 0) is 121 Å². The number of allylic oxidation sites excluding steroid dienone is 2. The van der Waals surface area contributed by atoms with Gasteiger partial charge < -0.3 is 43.8 Å². The predicted octanol–water partition coefficient (Wildman–Crippen LogP) is 26.0. The number of nitrogens with zero attached hydrogens (tertiary/aromatic N) is 7. The number of aromatic nitrogens is 7. The molecule has 11 aromatic carbocycles. The smallest absolute Gasteiger partial charge is 0.155 e. The summed E-state index contributed by atoms with van der Waals surface area (Å²) in [4.78, 5) is 40.2. The molecule has 20 aromatic rings. The minimum atomic E-state index is -0.223. The Morgan fingerprint density at radius 1 is 0.328 bits per heavy atom. The number of furan rings is 2. The minimum absolute atomic E-state index is 0. The third kappa shape index (κ3) is 26.0. The zero-order valence-corrected chi connectivity index (χ0v) is 76.0. The Kier molecular flexibility index (Phi) is 36.8. The van der Waals surface area contributed by atoms with Crippen molar-refractivity contribution in [3.63, 3.8) is 0 Å². The molecule has 0 atom stereocenters. The number of ketones is 1. The van der Waals surface area contributed by atoms with E-state index in [9.17, 15) is 9.18 Å². The van der Waals surface area contributed by atoms with Crippen molar-refractivity contribution in [2.24, 2.45) is 0 Å². The summed E-state index contributed by atoms with van der Waals surface area (Å²) in [6.07, 6.45) is 13.7. The molecule has 9 aromatic heterocycles. The fourth-order valence-corrected chi connectivity index (χ4v) is 12.4. The molecule has 0 bridgehead atoms. The molecule has 0 amide bonds. The molecule has 11 nitrogen and oxygen atoms in total. The molecule has 20 rings (SSSR count). The van der Waals surface area contributed by atoms with Crippen LogP contribution in [0.15, 0.2) is 398 Å². The molecule has 0 saturated carbocycles. The Hall–Kier alpha value is -12.9. The van der Waals surface area contributed by atoms with Crippen molar-refractivity contribution in [1.82, 2.24) is 34.9 Å². The third-order valence-electron chi connectivity index (χ3n) is 17.9. The first-order valence-electron chi connectivity index (χ1n) is 37.9. The third-order valence-corrected chi connectivity index (χ3v) is 17.9. The number of para-hydroxylation sites is 2. The summed E-state index contributed by atoms with van der Waals surface area (Å²) in [6.45, 7) is 6.67. The predicted molar refractivity (Wildman–Crippen MR) is 472 cm³/mol. The Bertz CT molecular complexity index is 6240. The number of hydrogen-bond donors (Lipinski definition) is 1. The summed E-state index contributed by atoms with van der Waals surface area (Å²) in [6, 6.07) is 133. The SMILES string of the molecule is CC(=O)C=C(C)O.Cc1cc(-c2[c-]ccc3ccccc23)[c-]cc1F.Cc1ccnc(-c2[c-]ccc3c2oc2ccccc23)c1.[Ir].[Ir].[Ir].[Ir].[c-]1ccc2c(oc3ccccc32)c1-c1ccccn1.[c-]1ccccc1-c1cc(-c2ccccn2)ccn1.[c-]1ccccc1-c1ccccn1.[c-]1ccccc1-c1ccccn1.[c-]1ccccc1-c1ccccn1. The molecule has 16 heteroatoms. The van der Waals surface area contributed by atoms with Crippen molar-refractivity contribution < 1.29 is 104 Å². The molecule has 4 radical (unpaired) electrons. The summed E-state index contributed by atoms with van der Waals surface area (Å²) in [7, 11) is 0. The van der Waals surface area contributed by atoms with Gasteiger partial charge >= 0.3 is 0 Å². The molecule has 0 unspecified atom stereocenters. The van der Waals surface area contributed by atoms with Crippen LogP contribution in [0.3, 0.4) is 0 Å². The molecule has 122 heavy (non-hydrogen) atoms. The van der Waals surface area contributed by atoms with E-state index in [0.29, 0.717) is 5.56 Å². The summed E-state index contributed by atoms with van der Waals surface area (Å²) in [5, 5.41) is 15.1. The van der Waals surface area contributed by atoms with Gasteiger partial charge in [0, 0.05) is 146 Å².